The first-order valence-corrected chi connectivity index (χ1v) is 7.98. The molecule has 22 heavy (non-hydrogen) atoms. The molecule has 1 unspecified atom stereocenters. The van der Waals surface area contributed by atoms with Crippen LogP contribution in [0.3, 0.4) is 0 Å². The lowest BCUT2D eigenvalue weighted by molar-refractivity contribution is -0.149. The highest BCUT2D eigenvalue weighted by Crippen LogP contribution is 2.33. The molecule has 2 aliphatic rings. The molecule has 0 saturated carbocycles. The third-order valence-electron chi connectivity index (χ3n) is 5.15. The average molecular weight is 304 g/mol. The highest BCUT2D eigenvalue weighted by atomic mass is 16.2. The van der Waals surface area contributed by atoms with E-state index in [9.17, 15) is 9.59 Å². The van der Waals surface area contributed by atoms with E-state index >= 15 is 0 Å². The predicted octanol–water partition coefficient (Wildman–Crippen LogP) is 0.879. The van der Waals surface area contributed by atoms with Crippen molar-refractivity contribution in [2.45, 2.75) is 44.6 Å². The predicted molar refractivity (Wildman–Crippen MR) is 83.8 cm³/mol. The maximum absolute atomic E-state index is 12.8. The molecular weight excluding hydrogens is 280 g/mol. The number of H-pyrrole nitrogens is 1. The SMILES string of the molecule is Cc1cc(=O)[nH]c(C2CN(C(=O)C3(C)CCCCN3C)C2)n1. The second-order valence-electron chi connectivity index (χ2n) is 6.83. The third-order valence-corrected chi connectivity index (χ3v) is 5.15. The van der Waals surface area contributed by atoms with E-state index in [1.54, 1.807) is 0 Å². The standard InChI is InChI=1S/C16H24N4O2/c1-11-8-13(21)18-14(17-11)12-9-20(10-12)15(22)16(2)6-4-5-7-19(16)3/h8,12H,4-7,9-10H2,1-3H3,(H,17,18,21). The summed E-state index contributed by atoms with van der Waals surface area (Å²) < 4.78 is 0. The van der Waals surface area contributed by atoms with E-state index < -0.39 is 0 Å². The normalized spacial score (nSPS) is 26.8. The largest absolute Gasteiger partial charge is 0.339 e. The molecule has 3 rings (SSSR count). The van der Waals surface area contributed by atoms with Crippen molar-refractivity contribution in [2.24, 2.45) is 0 Å². The maximum atomic E-state index is 12.8. The number of aromatic nitrogens is 2. The van der Waals surface area contributed by atoms with Gasteiger partial charge in [-0.2, -0.15) is 0 Å². The summed E-state index contributed by atoms with van der Waals surface area (Å²) in [4.78, 5) is 35.6. The molecule has 0 aliphatic carbocycles. The van der Waals surface area contributed by atoms with Gasteiger partial charge in [0.2, 0.25) is 5.91 Å². The fraction of sp³-hybridized carbons (Fsp3) is 0.688. The van der Waals surface area contributed by atoms with Crippen LogP contribution in [0, 0.1) is 6.92 Å². The van der Waals surface area contributed by atoms with Gasteiger partial charge >= 0.3 is 0 Å². The first-order valence-electron chi connectivity index (χ1n) is 7.98. The van der Waals surface area contributed by atoms with Gasteiger partial charge < -0.3 is 9.88 Å². The van der Waals surface area contributed by atoms with Crippen LogP contribution in [0.1, 0.15) is 43.6 Å². The number of amides is 1. The van der Waals surface area contributed by atoms with Gasteiger partial charge in [-0.15, -0.1) is 0 Å². The van der Waals surface area contributed by atoms with Gasteiger partial charge in [-0.1, -0.05) is 0 Å². The van der Waals surface area contributed by atoms with Crippen molar-refractivity contribution in [3.05, 3.63) is 27.9 Å². The van der Waals surface area contributed by atoms with Crippen molar-refractivity contribution in [1.29, 1.82) is 0 Å². The summed E-state index contributed by atoms with van der Waals surface area (Å²) in [5.74, 6) is 1.06. The van der Waals surface area contributed by atoms with Crippen LogP contribution < -0.4 is 5.56 Å². The molecule has 1 aromatic heterocycles. The zero-order chi connectivity index (χ0) is 15.9. The molecule has 1 aromatic rings. The number of carbonyl (C=O) groups excluding carboxylic acids is 1. The van der Waals surface area contributed by atoms with Crippen molar-refractivity contribution < 1.29 is 4.79 Å². The Morgan fingerprint density at radius 3 is 2.77 bits per heavy atom. The smallest absolute Gasteiger partial charge is 0.251 e. The number of hydrogen-bond acceptors (Lipinski definition) is 4. The number of nitrogens with one attached hydrogen (secondary N) is 1. The number of rotatable bonds is 2. The number of carbonyl (C=O) groups is 1. The molecule has 120 valence electrons. The monoisotopic (exact) mass is 304 g/mol. The Morgan fingerprint density at radius 2 is 2.14 bits per heavy atom. The first-order chi connectivity index (χ1) is 10.4. The molecule has 0 radical (unpaired) electrons. The summed E-state index contributed by atoms with van der Waals surface area (Å²) in [6.45, 7) is 6.14. The van der Waals surface area contributed by atoms with Crippen LogP contribution in [0.15, 0.2) is 10.9 Å². The summed E-state index contributed by atoms with van der Waals surface area (Å²) in [6.07, 6.45) is 3.19. The number of aryl methyl sites for hydroxylation is 1. The fourth-order valence-electron chi connectivity index (χ4n) is 3.48. The molecule has 0 bridgehead atoms. The summed E-state index contributed by atoms with van der Waals surface area (Å²) >= 11 is 0. The summed E-state index contributed by atoms with van der Waals surface area (Å²) in [7, 11) is 2.04. The lowest BCUT2D eigenvalue weighted by Crippen LogP contribution is -2.62. The fourth-order valence-corrected chi connectivity index (χ4v) is 3.48. The van der Waals surface area contributed by atoms with E-state index in [0.29, 0.717) is 18.9 Å². The van der Waals surface area contributed by atoms with Crippen molar-refractivity contribution in [3.63, 3.8) is 0 Å². The van der Waals surface area contributed by atoms with Gasteiger partial charge in [0.25, 0.3) is 5.56 Å². The number of piperidine rings is 1. The number of likely N-dealkylation sites (tertiary alicyclic amines) is 2. The highest BCUT2D eigenvalue weighted by molar-refractivity contribution is 5.87. The van der Waals surface area contributed by atoms with Crippen LogP contribution in [0.2, 0.25) is 0 Å². The molecule has 1 amide bonds. The Bertz CT molecular complexity index is 635. The molecular formula is C16H24N4O2. The molecule has 2 fully saturated rings. The van der Waals surface area contributed by atoms with E-state index in [1.165, 1.54) is 6.07 Å². The van der Waals surface area contributed by atoms with Gasteiger partial charge in [0.15, 0.2) is 0 Å². The molecule has 2 saturated heterocycles. The second kappa shape index (κ2) is 5.50. The minimum Gasteiger partial charge on any atom is -0.339 e. The van der Waals surface area contributed by atoms with Gasteiger partial charge in [0, 0.05) is 24.8 Å². The van der Waals surface area contributed by atoms with Crippen molar-refractivity contribution in [2.75, 3.05) is 26.7 Å². The first kappa shape index (κ1) is 15.2. The van der Waals surface area contributed by atoms with Gasteiger partial charge in [-0.25, -0.2) is 4.98 Å². The molecule has 3 heterocycles. The Labute approximate surface area is 130 Å². The van der Waals surface area contributed by atoms with E-state index in [-0.39, 0.29) is 22.9 Å². The summed E-state index contributed by atoms with van der Waals surface area (Å²) in [5, 5.41) is 0. The van der Waals surface area contributed by atoms with Crippen molar-refractivity contribution >= 4 is 5.91 Å². The molecule has 1 atom stereocenters. The van der Waals surface area contributed by atoms with Crippen molar-refractivity contribution in [1.82, 2.24) is 19.8 Å². The number of aromatic amines is 1. The zero-order valence-corrected chi connectivity index (χ0v) is 13.6. The number of nitrogens with zero attached hydrogens (tertiary/aromatic N) is 3. The summed E-state index contributed by atoms with van der Waals surface area (Å²) in [6, 6.07) is 1.49. The van der Waals surface area contributed by atoms with Gasteiger partial charge in [-0.05, 0) is 46.7 Å². The molecule has 6 heteroatoms. The minimum absolute atomic E-state index is 0.119. The second-order valence-corrected chi connectivity index (χ2v) is 6.83. The minimum atomic E-state index is -0.378. The highest BCUT2D eigenvalue weighted by Gasteiger charge is 2.45. The zero-order valence-electron chi connectivity index (χ0n) is 13.6. The van der Waals surface area contributed by atoms with Crippen LogP contribution in [0.5, 0.6) is 0 Å². The topological polar surface area (TPSA) is 69.3 Å². The Hall–Kier alpha value is -1.69. The Balaban J connectivity index is 1.67. The van der Waals surface area contributed by atoms with Crippen LogP contribution >= 0.6 is 0 Å². The van der Waals surface area contributed by atoms with Crippen LogP contribution in [-0.4, -0.2) is 57.9 Å². The molecule has 6 nitrogen and oxygen atoms in total. The van der Waals surface area contributed by atoms with Gasteiger partial charge in [-0.3, -0.25) is 14.5 Å². The lowest BCUT2D eigenvalue weighted by atomic mass is 9.85. The molecule has 2 aliphatic heterocycles. The van der Waals surface area contributed by atoms with Crippen LogP contribution in [0.25, 0.3) is 0 Å². The van der Waals surface area contributed by atoms with E-state index in [2.05, 4.69) is 21.8 Å². The molecule has 0 spiro atoms. The lowest BCUT2D eigenvalue weighted by Gasteiger charge is -2.48. The number of hydrogen-bond donors (Lipinski definition) is 1. The average Bonchev–Trinajstić information content (AvgIpc) is 2.39. The van der Waals surface area contributed by atoms with Gasteiger partial charge in [0.05, 0.1) is 11.5 Å². The van der Waals surface area contributed by atoms with E-state index in [1.807, 2.05) is 18.9 Å². The van der Waals surface area contributed by atoms with Crippen LogP contribution in [0.4, 0.5) is 0 Å². The Morgan fingerprint density at radius 1 is 1.41 bits per heavy atom. The quantitative estimate of drug-likeness (QED) is 0.880. The molecule has 0 aromatic carbocycles. The summed E-state index contributed by atoms with van der Waals surface area (Å²) in [5.41, 5.74) is 0.227. The van der Waals surface area contributed by atoms with Crippen molar-refractivity contribution in [3.8, 4) is 0 Å². The Kier molecular flexibility index (Phi) is 3.80. The van der Waals surface area contributed by atoms with E-state index in [0.717, 1.165) is 31.5 Å². The third kappa shape index (κ3) is 2.56. The van der Waals surface area contributed by atoms with E-state index in [4.69, 9.17) is 0 Å². The maximum Gasteiger partial charge on any atom is 0.251 e. The number of likely N-dealkylation sites (N-methyl/N-ethyl adjacent to an activating group) is 1. The molecule has 1 N–H and O–H groups in total. The van der Waals surface area contributed by atoms with Gasteiger partial charge in [0.1, 0.15) is 5.82 Å². The van der Waals surface area contributed by atoms with Crippen LogP contribution in [-0.2, 0) is 4.79 Å².